The summed E-state index contributed by atoms with van der Waals surface area (Å²) in [6, 6.07) is 12.3. The number of carboxylic acid groups (broad SMARTS) is 1. The number of pyridine rings is 1. The zero-order valence-electron chi connectivity index (χ0n) is 17.8. The van der Waals surface area contributed by atoms with Crippen molar-refractivity contribution in [3.63, 3.8) is 0 Å². The molecule has 3 rings (SSSR count). The molecule has 11 nitrogen and oxygen atoms in total. The molecule has 3 aromatic rings. The van der Waals surface area contributed by atoms with E-state index < -0.39 is 15.8 Å². The summed E-state index contributed by atoms with van der Waals surface area (Å²) >= 11 is 0. The van der Waals surface area contributed by atoms with Gasteiger partial charge in [-0.15, -0.1) is 0 Å². The summed E-state index contributed by atoms with van der Waals surface area (Å²) in [5, 5.41) is 11.6. The molecule has 0 radical (unpaired) electrons. The van der Waals surface area contributed by atoms with Crippen LogP contribution in [-0.4, -0.2) is 36.8 Å². The summed E-state index contributed by atoms with van der Waals surface area (Å²) in [5.41, 5.74) is 18.0. The Kier molecular flexibility index (Phi) is 7.12. The third-order valence-electron chi connectivity index (χ3n) is 4.82. The molecule has 1 amide bonds. The number of aromatic nitrogens is 1. The monoisotopic (exact) mass is 482 g/mol. The molecule has 0 aliphatic rings. The third kappa shape index (κ3) is 5.13. The number of hydrogen-bond donors (Lipinski definition) is 5. The normalized spacial score (nSPS) is 10.9. The van der Waals surface area contributed by atoms with Gasteiger partial charge in [0.2, 0.25) is 16.2 Å². The molecule has 0 bridgehead atoms. The van der Waals surface area contributed by atoms with E-state index in [4.69, 9.17) is 17.2 Å². The van der Waals surface area contributed by atoms with Crippen molar-refractivity contribution in [3.8, 4) is 11.1 Å². The number of aliphatic carboxylic acids is 1. The van der Waals surface area contributed by atoms with Gasteiger partial charge in [-0.1, -0.05) is 24.3 Å². The summed E-state index contributed by atoms with van der Waals surface area (Å²) < 4.78 is 27.9. The Morgan fingerprint density at radius 3 is 2.56 bits per heavy atom. The number of carbonyl (C=O) groups is 2. The highest BCUT2D eigenvalue weighted by molar-refractivity contribution is 7.91. The Balaban J connectivity index is 2.36. The van der Waals surface area contributed by atoms with E-state index in [0.717, 1.165) is 0 Å². The van der Waals surface area contributed by atoms with Gasteiger partial charge in [-0.3, -0.25) is 9.59 Å². The van der Waals surface area contributed by atoms with Crippen molar-refractivity contribution in [2.75, 3.05) is 11.1 Å². The highest BCUT2D eigenvalue weighted by Crippen LogP contribution is 2.39. The van der Waals surface area contributed by atoms with E-state index in [-0.39, 0.29) is 51.2 Å². The standard InChI is InChI=1S/C22H22N6O5S/c23-21-15(8-9-19(30)31)20(34(32,33)18-7-2-1-6-17(18)27-12-29)16(11-26-21)13-4-3-5-14(10-13)28-22(24)25/h1-7,10-12H,8-9H2,(H2,23,26)(H,27,29)(H,30,31)(H4,24,25,28). The number of anilines is 2. The fraction of sp³-hybridized carbons (Fsp3) is 0.0909. The number of nitrogens with two attached hydrogens (primary N) is 3. The van der Waals surface area contributed by atoms with Crippen molar-refractivity contribution in [1.29, 1.82) is 0 Å². The minimum atomic E-state index is -4.33. The van der Waals surface area contributed by atoms with Crippen LogP contribution in [0.25, 0.3) is 11.1 Å². The molecule has 0 saturated carbocycles. The Hall–Kier alpha value is -4.45. The first-order valence-electron chi connectivity index (χ1n) is 9.88. The third-order valence-corrected chi connectivity index (χ3v) is 6.76. The zero-order valence-corrected chi connectivity index (χ0v) is 18.6. The number of benzene rings is 2. The van der Waals surface area contributed by atoms with Gasteiger partial charge in [-0.25, -0.2) is 18.4 Å². The summed E-state index contributed by atoms with van der Waals surface area (Å²) in [6.07, 6.45) is 1.09. The topological polar surface area (TPSA) is 204 Å². The van der Waals surface area contributed by atoms with Crippen molar-refractivity contribution < 1.29 is 23.1 Å². The van der Waals surface area contributed by atoms with Gasteiger partial charge in [-0.05, 0) is 36.2 Å². The van der Waals surface area contributed by atoms with Crippen molar-refractivity contribution in [2.24, 2.45) is 16.5 Å². The van der Waals surface area contributed by atoms with E-state index >= 15 is 0 Å². The Bertz CT molecular complexity index is 1380. The van der Waals surface area contributed by atoms with Crippen molar-refractivity contribution in [2.45, 2.75) is 22.6 Å². The first-order valence-corrected chi connectivity index (χ1v) is 11.4. The van der Waals surface area contributed by atoms with Crippen LogP contribution in [0.4, 0.5) is 17.2 Å². The number of guanidine groups is 1. The average Bonchev–Trinajstić information content (AvgIpc) is 2.78. The number of para-hydroxylation sites is 1. The van der Waals surface area contributed by atoms with Gasteiger partial charge in [0, 0.05) is 23.7 Å². The Labute approximate surface area is 195 Å². The fourth-order valence-corrected chi connectivity index (χ4v) is 5.31. The Morgan fingerprint density at radius 1 is 1.15 bits per heavy atom. The molecule has 176 valence electrons. The first-order chi connectivity index (χ1) is 16.1. The average molecular weight is 483 g/mol. The predicted octanol–water partition coefficient (Wildman–Crippen LogP) is 1.65. The lowest BCUT2D eigenvalue weighted by molar-refractivity contribution is -0.137. The smallest absolute Gasteiger partial charge is 0.303 e. The molecule has 12 heteroatoms. The van der Waals surface area contributed by atoms with Crippen LogP contribution in [0.3, 0.4) is 0 Å². The Morgan fingerprint density at radius 2 is 1.88 bits per heavy atom. The number of carboxylic acids is 1. The molecule has 0 saturated heterocycles. The number of rotatable bonds is 9. The van der Waals surface area contributed by atoms with Crippen LogP contribution in [0, 0.1) is 0 Å². The van der Waals surface area contributed by atoms with Gasteiger partial charge < -0.3 is 27.6 Å². The van der Waals surface area contributed by atoms with E-state index in [0.29, 0.717) is 17.7 Å². The molecule has 0 fully saturated rings. The van der Waals surface area contributed by atoms with E-state index in [1.165, 1.54) is 24.4 Å². The number of nitrogens with one attached hydrogen (secondary N) is 1. The maximum absolute atomic E-state index is 13.9. The molecule has 2 aromatic carbocycles. The largest absolute Gasteiger partial charge is 0.481 e. The molecule has 34 heavy (non-hydrogen) atoms. The molecule has 0 aliphatic carbocycles. The maximum atomic E-state index is 13.9. The van der Waals surface area contributed by atoms with Gasteiger partial charge in [-0.2, -0.15) is 0 Å². The van der Waals surface area contributed by atoms with Gasteiger partial charge in [0.1, 0.15) is 5.82 Å². The van der Waals surface area contributed by atoms with E-state index in [9.17, 15) is 23.1 Å². The van der Waals surface area contributed by atoms with Crippen LogP contribution >= 0.6 is 0 Å². The SMILES string of the molecule is NC(N)=Nc1cccc(-c2cnc(N)c(CCC(=O)O)c2S(=O)(=O)c2ccccc2NC=O)c1. The van der Waals surface area contributed by atoms with Crippen molar-refractivity contribution in [3.05, 3.63) is 60.3 Å². The zero-order chi connectivity index (χ0) is 24.9. The molecular weight excluding hydrogens is 460 g/mol. The predicted molar refractivity (Wildman–Crippen MR) is 127 cm³/mol. The number of carbonyl (C=O) groups excluding carboxylic acids is 1. The lowest BCUT2D eigenvalue weighted by Gasteiger charge is -2.18. The molecule has 0 aliphatic heterocycles. The fourth-order valence-electron chi connectivity index (χ4n) is 3.42. The maximum Gasteiger partial charge on any atom is 0.303 e. The van der Waals surface area contributed by atoms with Gasteiger partial charge in [0.05, 0.1) is 21.2 Å². The lowest BCUT2D eigenvalue weighted by atomic mass is 10.0. The molecule has 1 aromatic heterocycles. The van der Waals surface area contributed by atoms with E-state index in [1.54, 1.807) is 30.3 Å². The minimum Gasteiger partial charge on any atom is -0.481 e. The van der Waals surface area contributed by atoms with Crippen LogP contribution < -0.4 is 22.5 Å². The van der Waals surface area contributed by atoms with Crippen molar-refractivity contribution >= 4 is 45.4 Å². The first kappa shape index (κ1) is 24.2. The van der Waals surface area contributed by atoms with Gasteiger partial charge in [0.15, 0.2) is 5.96 Å². The summed E-state index contributed by atoms with van der Waals surface area (Å²) in [5.74, 6) is -1.44. The second kappa shape index (κ2) is 10.0. The van der Waals surface area contributed by atoms with Gasteiger partial charge in [0.25, 0.3) is 0 Å². The molecular formula is C22H22N6O5S. The highest BCUT2D eigenvalue weighted by Gasteiger charge is 2.30. The van der Waals surface area contributed by atoms with Crippen LogP contribution in [0.1, 0.15) is 12.0 Å². The minimum absolute atomic E-state index is 0.0491. The van der Waals surface area contributed by atoms with Gasteiger partial charge >= 0.3 is 5.97 Å². The highest BCUT2D eigenvalue weighted by atomic mass is 32.2. The number of hydrogen-bond acceptors (Lipinski definition) is 7. The molecule has 0 spiro atoms. The summed E-state index contributed by atoms with van der Waals surface area (Å²) in [7, 11) is -4.33. The second-order valence-electron chi connectivity index (χ2n) is 7.11. The van der Waals surface area contributed by atoms with Crippen LogP contribution in [-0.2, 0) is 25.8 Å². The van der Waals surface area contributed by atoms with E-state index in [1.807, 2.05) is 0 Å². The molecule has 0 atom stereocenters. The van der Waals surface area contributed by atoms with Crippen LogP contribution in [0.2, 0.25) is 0 Å². The number of nitrogen functional groups attached to an aromatic ring is 1. The van der Waals surface area contributed by atoms with Crippen LogP contribution in [0.15, 0.2) is 69.5 Å². The number of aliphatic imine (C=N–C) groups is 1. The molecule has 8 N–H and O–H groups in total. The quantitative estimate of drug-likeness (QED) is 0.171. The van der Waals surface area contributed by atoms with Crippen molar-refractivity contribution in [1.82, 2.24) is 4.98 Å². The second-order valence-corrected chi connectivity index (χ2v) is 8.96. The van der Waals surface area contributed by atoms with E-state index in [2.05, 4.69) is 15.3 Å². The molecule has 1 heterocycles. The lowest BCUT2D eigenvalue weighted by Crippen LogP contribution is -2.21. The summed E-state index contributed by atoms with van der Waals surface area (Å²) in [4.78, 5) is 30.0. The summed E-state index contributed by atoms with van der Waals surface area (Å²) in [6.45, 7) is 0. The number of nitrogens with zero attached hydrogens (tertiary/aromatic N) is 2. The number of sulfone groups is 1. The van der Waals surface area contributed by atoms with Crippen LogP contribution in [0.5, 0.6) is 0 Å². The molecule has 0 unspecified atom stereocenters. The number of amides is 1.